The number of alkyl halides is 1. The fourth-order valence-corrected chi connectivity index (χ4v) is 2.88. The third kappa shape index (κ3) is 3.94. The second-order valence-corrected chi connectivity index (χ2v) is 5.87. The molecule has 5 nitrogen and oxygen atoms in total. The van der Waals surface area contributed by atoms with Gasteiger partial charge in [-0.3, -0.25) is 4.79 Å². The van der Waals surface area contributed by atoms with Crippen LogP contribution in [0.5, 0.6) is 0 Å². The van der Waals surface area contributed by atoms with Crippen molar-refractivity contribution < 1.29 is 9.32 Å². The number of rotatable bonds is 8. The fraction of sp³-hybridized carbons (Fsp3) is 0.714. The molecule has 1 amide bonds. The number of amides is 1. The van der Waals surface area contributed by atoms with Crippen LogP contribution in [-0.2, 0) is 4.43 Å². The van der Waals surface area contributed by atoms with Gasteiger partial charge in [-0.2, -0.15) is 0 Å². The monoisotopic (exact) mass is 393 g/mol. The second kappa shape index (κ2) is 7.97. The fourth-order valence-electron chi connectivity index (χ4n) is 2.52. The Morgan fingerprint density at radius 3 is 2.60 bits per heavy atom. The van der Waals surface area contributed by atoms with E-state index in [2.05, 4.69) is 59.2 Å². The third-order valence-corrected chi connectivity index (χ3v) is 4.88. The lowest BCUT2D eigenvalue weighted by Crippen LogP contribution is -2.50. The lowest BCUT2D eigenvalue weighted by atomic mass is 9.76. The van der Waals surface area contributed by atoms with Gasteiger partial charge in [0.05, 0.1) is 4.43 Å². The Labute approximate surface area is 134 Å². The van der Waals surface area contributed by atoms with E-state index < -0.39 is 0 Å². The Hall–Kier alpha value is -0.630. The van der Waals surface area contributed by atoms with E-state index in [0.29, 0.717) is 10.1 Å². The first-order valence-corrected chi connectivity index (χ1v) is 8.52. The molecule has 114 valence electrons. The number of nitrogens with zero attached hydrogens (tertiary/aromatic N) is 1. The average molecular weight is 393 g/mol. The van der Waals surface area contributed by atoms with Gasteiger partial charge in [-0.15, -0.1) is 0 Å². The number of aromatic nitrogens is 1. The van der Waals surface area contributed by atoms with Crippen LogP contribution in [0.4, 0.5) is 0 Å². The van der Waals surface area contributed by atoms with Gasteiger partial charge in [0.15, 0.2) is 5.69 Å². The van der Waals surface area contributed by atoms with E-state index in [9.17, 15) is 4.79 Å². The van der Waals surface area contributed by atoms with Crippen molar-refractivity contribution in [3.63, 3.8) is 0 Å². The van der Waals surface area contributed by atoms with Gasteiger partial charge in [-0.25, -0.2) is 0 Å². The Morgan fingerprint density at radius 1 is 1.50 bits per heavy atom. The normalized spacial score (nSPS) is 13.2. The van der Waals surface area contributed by atoms with Crippen LogP contribution in [0.25, 0.3) is 0 Å². The first-order valence-electron chi connectivity index (χ1n) is 7.00. The van der Waals surface area contributed by atoms with Crippen molar-refractivity contribution >= 4 is 28.5 Å². The molecular formula is C14H24IN3O2. The van der Waals surface area contributed by atoms with Crippen molar-refractivity contribution in [1.82, 2.24) is 15.8 Å². The predicted molar refractivity (Wildman–Crippen MR) is 88.1 cm³/mol. The first-order chi connectivity index (χ1) is 9.52. The number of carbonyl (C=O) groups excluding carboxylic acids is 1. The number of hydrogen-bond acceptors (Lipinski definition) is 4. The standard InChI is InChI=1S/C14H24IN3O2/c1-5-14(6-2,9-16-4)10(3)17-13(19)12-7-11(8-15)20-18-12/h7,10,16H,5-6,8-9H2,1-4H3,(H,17,19). The highest BCUT2D eigenvalue weighted by molar-refractivity contribution is 14.1. The van der Waals surface area contributed by atoms with Gasteiger partial charge in [0, 0.05) is 24.1 Å². The van der Waals surface area contributed by atoms with E-state index >= 15 is 0 Å². The highest BCUT2D eigenvalue weighted by Gasteiger charge is 2.33. The minimum absolute atomic E-state index is 0.0558. The van der Waals surface area contributed by atoms with Crippen LogP contribution in [0.2, 0.25) is 0 Å². The van der Waals surface area contributed by atoms with Gasteiger partial charge in [-0.1, -0.05) is 41.6 Å². The van der Waals surface area contributed by atoms with Crippen molar-refractivity contribution in [2.24, 2.45) is 5.41 Å². The maximum atomic E-state index is 12.2. The molecule has 0 aliphatic carbocycles. The van der Waals surface area contributed by atoms with Gasteiger partial charge >= 0.3 is 0 Å². The van der Waals surface area contributed by atoms with Crippen molar-refractivity contribution in [1.29, 1.82) is 0 Å². The number of carbonyl (C=O) groups is 1. The quantitative estimate of drug-likeness (QED) is 0.527. The molecule has 1 atom stereocenters. The molecule has 20 heavy (non-hydrogen) atoms. The number of nitrogens with one attached hydrogen (secondary N) is 2. The van der Waals surface area contributed by atoms with Crippen molar-refractivity contribution in [2.75, 3.05) is 13.6 Å². The average Bonchev–Trinajstić information content (AvgIpc) is 2.93. The molecule has 1 aromatic heterocycles. The third-order valence-electron chi connectivity index (χ3n) is 4.13. The molecule has 0 fully saturated rings. The molecule has 1 rings (SSSR count). The molecule has 0 aliphatic heterocycles. The minimum atomic E-state index is -0.167. The summed E-state index contributed by atoms with van der Waals surface area (Å²) in [6.07, 6.45) is 2.01. The van der Waals surface area contributed by atoms with Crippen LogP contribution in [-0.4, -0.2) is 30.7 Å². The molecule has 1 unspecified atom stereocenters. The van der Waals surface area contributed by atoms with E-state index in [1.165, 1.54) is 0 Å². The van der Waals surface area contributed by atoms with Crippen LogP contribution >= 0.6 is 22.6 Å². The SMILES string of the molecule is CCC(CC)(CNC)C(C)NC(=O)c1cc(CI)on1. The summed E-state index contributed by atoms with van der Waals surface area (Å²) in [6.45, 7) is 7.25. The second-order valence-electron chi connectivity index (χ2n) is 5.11. The summed E-state index contributed by atoms with van der Waals surface area (Å²) in [7, 11) is 1.94. The van der Waals surface area contributed by atoms with Gasteiger partial charge < -0.3 is 15.2 Å². The summed E-state index contributed by atoms with van der Waals surface area (Å²) < 4.78 is 5.78. The molecule has 0 aromatic carbocycles. The molecule has 1 aromatic rings. The molecule has 0 radical (unpaired) electrons. The molecule has 6 heteroatoms. The minimum Gasteiger partial charge on any atom is -0.360 e. The van der Waals surface area contributed by atoms with Crippen LogP contribution < -0.4 is 10.6 Å². The molecule has 0 bridgehead atoms. The first kappa shape index (κ1) is 17.4. The summed E-state index contributed by atoms with van der Waals surface area (Å²) >= 11 is 2.18. The van der Waals surface area contributed by atoms with E-state index in [1.54, 1.807) is 6.07 Å². The molecular weight excluding hydrogens is 369 g/mol. The molecule has 0 saturated carbocycles. The van der Waals surface area contributed by atoms with Crippen molar-refractivity contribution in [2.45, 2.75) is 44.1 Å². The molecule has 1 heterocycles. The topological polar surface area (TPSA) is 67.2 Å². The Kier molecular flexibility index (Phi) is 6.94. The Morgan fingerprint density at radius 2 is 2.15 bits per heavy atom. The van der Waals surface area contributed by atoms with Gasteiger partial charge in [0.25, 0.3) is 5.91 Å². The lowest BCUT2D eigenvalue weighted by Gasteiger charge is -2.38. The van der Waals surface area contributed by atoms with Gasteiger partial charge in [0.1, 0.15) is 5.76 Å². The lowest BCUT2D eigenvalue weighted by molar-refractivity contribution is 0.0865. The highest BCUT2D eigenvalue weighted by Crippen LogP contribution is 2.30. The van der Waals surface area contributed by atoms with Gasteiger partial charge in [-0.05, 0) is 26.8 Å². The molecule has 2 N–H and O–H groups in total. The highest BCUT2D eigenvalue weighted by atomic mass is 127. The van der Waals surface area contributed by atoms with E-state index in [-0.39, 0.29) is 17.4 Å². The maximum Gasteiger partial charge on any atom is 0.273 e. The maximum absolute atomic E-state index is 12.2. The van der Waals surface area contributed by atoms with Crippen LogP contribution in [0.15, 0.2) is 10.6 Å². The van der Waals surface area contributed by atoms with E-state index in [0.717, 1.165) is 25.1 Å². The smallest absolute Gasteiger partial charge is 0.273 e. The van der Waals surface area contributed by atoms with Crippen LogP contribution in [0.1, 0.15) is 49.9 Å². The summed E-state index contributed by atoms with van der Waals surface area (Å²) in [5.41, 5.74) is 0.411. The van der Waals surface area contributed by atoms with Crippen LogP contribution in [0.3, 0.4) is 0 Å². The number of halogens is 1. The van der Waals surface area contributed by atoms with Crippen molar-refractivity contribution in [3.8, 4) is 0 Å². The molecule has 0 aliphatic rings. The zero-order valence-electron chi connectivity index (χ0n) is 12.6. The van der Waals surface area contributed by atoms with Crippen LogP contribution in [0, 0.1) is 5.41 Å². The molecule has 0 spiro atoms. The van der Waals surface area contributed by atoms with E-state index in [1.807, 2.05) is 7.05 Å². The summed E-state index contributed by atoms with van der Waals surface area (Å²) in [4.78, 5) is 12.2. The summed E-state index contributed by atoms with van der Waals surface area (Å²) in [5, 5.41) is 10.1. The van der Waals surface area contributed by atoms with Crippen molar-refractivity contribution in [3.05, 3.63) is 17.5 Å². The zero-order chi connectivity index (χ0) is 15.2. The van der Waals surface area contributed by atoms with E-state index in [4.69, 9.17) is 4.52 Å². The number of hydrogen-bond donors (Lipinski definition) is 2. The Balaban J connectivity index is 2.76. The molecule has 0 saturated heterocycles. The predicted octanol–water partition coefficient (Wildman–Crippen LogP) is 2.75. The van der Waals surface area contributed by atoms with Gasteiger partial charge in [0.2, 0.25) is 0 Å². The Bertz CT molecular complexity index is 430. The zero-order valence-corrected chi connectivity index (χ0v) is 14.8. The summed E-state index contributed by atoms with van der Waals surface area (Å²) in [5.74, 6) is 0.551. The summed E-state index contributed by atoms with van der Waals surface area (Å²) in [6, 6.07) is 1.77. The largest absolute Gasteiger partial charge is 0.360 e.